The summed E-state index contributed by atoms with van der Waals surface area (Å²) in [5, 5.41) is 2.91. The second-order valence-corrected chi connectivity index (χ2v) is 4.49. The van der Waals surface area contributed by atoms with E-state index in [2.05, 4.69) is 17.2 Å². The minimum atomic E-state index is -0.135. The van der Waals surface area contributed by atoms with E-state index < -0.39 is 0 Å². The Kier molecular flexibility index (Phi) is 4.24. The monoisotopic (exact) mass is 267 g/mol. The molecule has 0 spiro atoms. The van der Waals surface area contributed by atoms with Crippen molar-refractivity contribution in [2.45, 2.75) is 6.92 Å². The molecule has 0 saturated heterocycles. The molecule has 1 amide bonds. The predicted octanol–water partition coefficient (Wildman–Crippen LogP) is 1.90. The lowest BCUT2D eigenvalue weighted by Crippen LogP contribution is -2.16. The number of carbonyl (C=O) groups is 1. The standard InChI is InChI=1S/C16H17N3O/c1-12-7-8-13(5-3-9-17)11-14(12)18-16(20)15-6-4-10-19(15)2/h4,6-8,10-11H,9,17H2,1-2H3,(H,18,20). The summed E-state index contributed by atoms with van der Waals surface area (Å²) >= 11 is 0. The maximum atomic E-state index is 12.2. The van der Waals surface area contributed by atoms with Crippen LogP contribution in [0.2, 0.25) is 0 Å². The van der Waals surface area contributed by atoms with Crippen molar-refractivity contribution in [3.8, 4) is 11.8 Å². The third-order valence-corrected chi connectivity index (χ3v) is 3.00. The molecule has 0 fully saturated rings. The van der Waals surface area contributed by atoms with E-state index >= 15 is 0 Å². The molecule has 0 aliphatic carbocycles. The van der Waals surface area contributed by atoms with E-state index in [9.17, 15) is 4.79 Å². The van der Waals surface area contributed by atoms with Gasteiger partial charge in [-0.15, -0.1) is 0 Å². The van der Waals surface area contributed by atoms with Crippen molar-refractivity contribution in [2.75, 3.05) is 11.9 Å². The first-order valence-electron chi connectivity index (χ1n) is 6.34. The zero-order chi connectivity index (χ0) is 14.5. The quantitative estimate of drug-likeness (QED) is 0.816. The number of nitrogens with two attached hydrogens (primary N) is 1. The molecule has 0 saturated carbocycles. The maximum Gasteiger partial charge on any atom is 0.272 e. The first-order chi connectivity index (χ1) is 9.61. The van der Waals surface area contributed by atoms with E-state index in [1.807, 2.05) is 44.4 Å². The number of hydrogen-bond donors (Lipinski definition) is 2. The summed E-state index contributed by atoms with van der Waals surface area (Å²) in [6, 6.07) is 9.32. The average molecular weight is 267 g/mol. The Bertz CT molecular complexity index is 689. The zero-order valence-electron chi connectivity index (χ0n) is 11.6. The molecule has 102 valence electrons. The highest BCUT2D eigenvalue weighted by atomic mass is 16.1. The van der Waals surface area contributed by atoms with Gasteiger partial charge >= 0.3 is 0 Å². The predicted molar refractivity (Wildman–Crippen MR) is 80.5 cm³/mol. The number of nitrogens with zero attached hydrogens (tertiary/aromatic N) is 1. The number of hydrogen-bond acceptors (Lipinski definition) is 2. The Hall–Kier alpha value is -2.51. The number of carbonyl (C=O) groups excluding carboxylic acids is 1. The molecule has 0 atom stereocenters. The molecule has 0 unspecified atom stereocenters. The largest absolute Gasteiger partial charge is 0.347 e. The highest BCUT2D eigenvalue weighted by molar-refractivity contribution is 6.03. The van der Waals surface area contributed by atoms with Crippen molar-refractivity contribution in [1.82, 2.24) is 4.57 Å². The highest BCUT2D eigenvalue weighted by Gasteiger charge is 2.10. The van der Waals surface area contributed by atoms with Crippen LogP contribution in [0.5, 0.6) is 0 Å². The minimum Gasteiger partial charge on any atom is -0.347 e. The highest BCUT2D eigenvalue weighted by Crippen LogP contribution is 2.17. The molecule has 1 heterocycles. The number of aromatic nitrogens is 1. The summed E-state index contributed by atoms with van der Waals surface area (Å²) < 4.78 is 1.78. The molecule has 2 aromatic rings. The number of amides is 1. The third kappa shape index (κ3) is 3.08. The van der Waals surface area contributed by atoms with Crippen molar-refractivity contribution >= 4 is 11.6 Å². The fourth-order valence-electron chi connectivity index (χ4n) is 1.87. The van der Waals surface area contributed by atoms with E-state index in [0.717, 1.165) is 16.8 Å². The van der Waals surface area contributed by atoms with Crippen molar-refractivity contribution in [3.05, 3.63) is 53.3 Å². The van der Waals surface area contributed by atoms with E-state index in [0.29, 0.717) is 12.2 Å². The summed E-state index contributed by atoms with van der Waals surface area (Å²) in [7, 11) is 1.84. The minimum absolute atomic E-state index is 0.135. The molecule has 20 heavy (non-hydrogen) atoms. The van der Waals surface area contributed by atoms with Gasteiger partial charge in [-0.05, 0) is 36.8 Å². The van der Waals surface area contributed by atoms with Gasteiger partial charge in [0.1, 0.15) is 5.69 Å². The van der Waals surface area contributed by atoms with Crippen LogP contribution >= 0.6 is 0 Å². The second-order valence-electron chi connectivity index (χ2n) is 4.49. The van der Waals surface area contributed by atoms with Crippen LogP contribution in [-0.2, 0) is 7.05 Å². The van der Waals surface area contributed by atoms with Gasteiger partial charge < -0.3 is 15.6 Å². The van der Waals surface area contributed by atoms with E-state index in [1.54, 1.807) is 10.6 Å². The van der Waals surface area contributed by atoms with Gasteiger partial charge in [0.05, 0.1) is 6.54 Å². The lowest BCUT2D eigenvalue weighted by molar-refractivity contribution is 0.101. The van der Waals surface area contributed by atoms with Crippen LogP contribution in [0.25, 0.3) is 0 Å². The average Bonchev–Trinajstić information content (AvgIpc) is 2.86. The third-order valence-electron chi connectivity index (χ3n) is 3.00. The van der Waals surface area contributed by atoms with Gasteiger partial charge in [0.15, 0.2) is 0 Å². The second kappa shape index (κ2) is 6.09. The Morgan fingerprint density at radius 3 is 2.85 bits per heavy atom. The Morgan fingerprint density at radius 2 is 2.20 bits per heavy atom. The fraction of sp³-hybridized carbons (Fsp3) is 0.188. The summed E-state index contributed by atoms with van der Waals surface area (Å²) in [6.07, 6.45) is 1.84. The van der Waals surface area contributed by atoms with Crippen LogP contribution in [0.4, 0.5) is 5.69 Å². The number of benzene rings is 1. The van der Waals surface area contributed by atoms with Gasteiger partial charge in [0.2, 0.25) is 0 Å². The Morgan fingerprint density at radius 1 is 1.40 bits per heavy atom. The van der Waals surface area contributed by atoms with Crippen LogP contribution in [0.15, 0.2) is 36.5 Å². The summed E-state index contributed by atoms with van der Waals surface area (Å²) in [6.45, 7) is 2.26. The Balaban J connectivity index is 2.25. The van der Waals surface area contributed by atoms with Gasteiger partial charge in [-0.25, -0.2) is 0 Å². The summed E-state index contributed by atoms with van der Waals surface area (Å²) in [4.78, 5) is 12.2. The van der Waals surface area contributed by atoms with Crippen LogP contribution in [0.3, 0.4) is 0 Å². The fourth-order valence-corrected chi connectivity index (χ4v) is 1.87. The number of rotatable bonds is 2. The molecule has 1 aromatic heterocycles. The smallest absolute Gasteiger partial charge is 0.272 e. The zero-order valence-corrected chi connectivity index (χ0v) is 11.6. The van der Waals surface area contributed by atoms with Crippen LogP contribution in [0, 0.1) is 18.8 Å². The van der Waals surface area contributed by atoms with Gasteiger partial charge in [-0.3, -0.25) is 4.79 Å². The number of anilines is 1. The molecule has 0 radical (unpaired) electrons. The molecule has 2 rings (SSSR count). The van der Waals surface area contributed by atoms with Gasteiger partial charge in [-0.2, -0.15) is 0 Å². The lowest BCUT2D eigenvalue weighted by Gasteiger charge is -2.09. The molecule has 3 N–H and O–H groups in total. The maximum absolute atomic E-state index is 12.2. The van der Waals surface area contributed by atoms with Crippen LogP contribution in [-0.4, -0.2) is 17.0 Å². The van der Waals surface area contributed by atoms with Crippen LogP contribution in [0.1, 0.15) is 21.6 Å². The molecular weight excluding hydrogens is 250 g/mol. The SMILES string of the molecule is Cc1ccc(C#CCN)cc1NC(=O)c1cccn1C. The Labute approximate surface area is 118 Å². The molecule has 1 aromatic carbocycles. The first kappa shape index (κ1) is 13.9. The summed E-state index contributed by atoms with van der Waals surface area (Å²) in [5.74, 6) is 5.63. The van der Waals surface area contributed by atoms with Crippen LogP contribution < -0.4 is 11.1 Å². The molecule has 4 heteroatoms. The van der Waals surface area contributed by atoms with E-state index in [-0.39, 0.29) is 5.91 Å². The van der Waals surface area contributed by atoms with Gasteiger partial charge in [0, 0.05) is 24.5 Å². The molecule has 0 aliphatic rings. The van der Waals surface area contributed by atoms with Crippen molar-refractivity contribution in [1.29, 1.82) is 0 Å². The normalized spacial score (nSPS) is 9.75. The number of nitrogens with one attached hydrogen (secondary N) is 1. The van der Waals surface area contributed by atoms with E-state index in [1.165, 1.54) is 0 Å². The van der Waals surface area contributed by atoms with Crippen molar-refractivity contribution < 1.29 is 4.79 Å². The summed E-state index contributed by atoms with van der Waals surface area (Å²) in [5.41, 5.74) is 8.57. The van der Waals surface area contributed by atoms with Crippen molar-refractivity contribution in [2.24, 2.45) is 12.8 Å². The van der Waals surface area contributed by atoms with E-state index in [4.69, 9.17) is 5.73 Å². The topological polar surface area (TPSA) is 60.0 Å². The molecule has 4 nitrogen and oxygen atoms in total. The molecule has 0 aliphatic heterocycles. The number of aryl methyl sites for hydroxylation is 2. The molecular formula is C16H17N3O. The van der Waals surface area contributed by atoms with Gasteiger partial charge in [-0.1, -0.05) is 17.9 Å². The molecule has 0 bridgehead atoms. The first-order valence-corrected chi connectivity index (χ1v) is 6.34. The van der Waals surface area contributed by atoms with Crippen molar-refractivity contribution in [3.63, 3.8) is 0 Å². The van der Waals surface area contributed by atoms with Gasteiger partial charge in [0.25, 0.3) is 5.91 Å². The lowest BCUT2D eigenvalue weighted by atomic mass is 10.1.